The Labute approximate surface area is 131 Å². The molecule has 0 heterocycles. The molecule has 6 heteroatoms. The van der Waals surface area contributed by atoms with Crippen LogP contribution in [-0.4, -0.2) is 23.0 Å². The third-order valence-electron chi connectivity index (χ3n) is 2.92. The van der Waals surface area contributed by atoms with Crippen LogP contribution >= 0.6 is 23.2 Å². The Morgan fingerprint density at radius 1 is 1.24 bits per heavy atom. The summed E-state index contributed by atoms with van der Waals surface area (Å²) >= 11 is 11.5. The quantitative estimate of drug-likeness (QED) is 0.862. The molecule has 0 spiro atoms. The second-order valence-electron chi connectivity index (χ2n) is 4.58. The van der Waals surface area contributed by atoms with Crippen molar-refractivity contribution in [1.82, 2.24) is 4.90 Å². The minimum atomic E-state index is -0.699. The van der Waals surface area contributed by atoms with Crippen LogP contribution in [0.3, 0.4) is 0 Å². The minimum absolute atomic E-state index is 0.0428. The Morgan fingerprint density at radius 2 is 1.95 bits per heavy atom. The number of carbonyl (C=O) groups is 1. The average Bonchev–Trinajstić information content (AvgIpc) is 2.42. The molecule has 0 radical (unpaired) electrons. The number of nitrogens with zero attached hydrogens (tertiary/aromatic N) is 1. The van der Waals surface area contributed by atoms with Crippen LogP contribution in [0.25, 0.3) is 0 Å². The van der Waals surface area contributed by atoms with Crippen LogP contribution in [0.4, 0.5) is 4.39 Å². The molecule has 2 aromatic carbocycles. The second-order valence-corrected chi connectivity index (χ2v) is 5.39. The van der Waals surface area contributed by atoms with Crippen LogP contribution in [0.15, 0.2) is 36.4 Å². The molecule has 3 nitrogen and oxygen atoms in total. The highest BCUT2D eigenvalue weighted by Crippen LogP contribution is 2.25. The molecule has 0 saturated heterocycles. The van der Waals surface area contributed by atoms with Crippen molar-refractivity contribution < 1.29 is 14.3 Å². The van der Waals surface area contributed by atoms with Gasteiger partial charge in [-0.2, -0.15) is 0 Å². The summed E-state index contributed by atoms with van der Waals surface area (Å²) in [7, 11) is 1.56. The lowest BCUT2D eigenvalue weighted by molar-refractivity contribution is 0.0784. The fraction of sp³-hybridized carbons (Fsp3) is 0.133. The van der Waals surface area contributed by atoms with Gasteiger partial charge in [0.1, 0.15) is 11.6 Å². The number of hydrogen-bond acceptors (Lipinski definition) is 2. The van der Waals surface area contributed by atoms with Crippen LogP contribution in [0, 0.1) is 5.82 Å². The van der Waals surface area contributed by atoms with Crippen molar-refractivity contribution in [3.05, 3.63) is 63.4 Å². The lowest BCUT2D eigenvalue weighted by Crippen LogP contribution is -2.26. The van der Waals surface area contributed by atoms with Crippen molar-refractivity contribution in [3.8, 4) is 5.75 Å². The number of amides is 1. The van der Waals surface area contributed by atoms with Gasteiger partial charge in [0, 0.05) is 13.6 Å². The van der Waals surface area contributed by atoms with Crippen molar-refractivity contribution in [3.63, 3.8) is 0 Å². The normalized spacial score (nSPS) is 10.5. The summed E-state index contributed by atoms with van der Waals surface area (Å²) in [4.78, 5) is 13.7. The van der Waals surface area contributed by atoms with Gasteiger partial charge in [0.15, 0.2) is 0 Å². The first kappa shape index (κ1) is 15.6. The van der Waals surface area contributed by atoms with Crippen molar-refractivity contribution >= 4 is 29.1 Å². The SMILES string of the molecule is CN(Cc1cccc(O)c1)C(=O)c1cc(F)c(Cl)cc1Cl. The number of aromatic hydroxyl groups is 1. The second kappa shape index (κ2) is 6.33. The van der Waals surface area contributed by atoms with E-state index in [0.29, 0.717) is 0 Å². The maximum absolute atomic E-state index is 13.5. The van der Waals surface area contributed by atoms with Crippen molar-refractivity contribution in [1.29, 1.82) is 0 Å². The van der Waals surface area contributed by atoms with Gasteiger partial charge in [-0.1, -0.05) is 35.3 Å². The molecule has 1 amide bonds. The molecule has 0 bridgehead atoms. The van der Waals surface area contributed by atoms with Crippen LogP contribution in [0.2, 0.25) is 10.0 Å². The zero-order valence-corrected chi connectivity index (χ0v) is 12.6. The third kappa shape index (κ3) is 3.65. The highest BCUT2D eigenvalue weighted by molar-refractivity contribution is 6.36. The standard InChI is InChI=1S/C15H12Cl2FNO2/c1-19(8-9-3-2-4-10(20)5-9)15(21)11-6-14(18)13(17)7-12(11)16/h2-7,20H,8H2,1H3. The van der Waals surface area contributed by atoms with E-state index < -0.39 is 11.7 Å². The maximum atomic E-state index is 13.5. The van der Waals surface area contributed by atoms with E-state index in [0.717, 1.165) is 11.6 Å². The van der Waals surface area contributed by atoms with E-state index in [4.69, 9.17) is 23.2 Å². The van der Waals surface area contributed by atoms with E-state index in [-0.39, 0.29) is 27.9 Å². The van der Waals surface area contributed by atoms with Gasteiger partial charge in [-0.3, -0.25) is 4.79 Å². The summed E-state index contributed by atoms with van der Waals surface area (Å²) in [5.74, 6) is -1.02. The smallest absolute Gasteiger partial charge is 0.255 e. The van der Waals surface area contributed by atoms with Crippen LogP contribution in [-0.2, 0) is 6.54 Å². The molecule has 0 aliphatic rings. The monoisotopic (exact) mass is 327 g/mol. The lowest BCUT2D eigenvalue weighted by atomic mass is 10.1. The maximum Gasteiger partial charge on any atom is 0.255 e. The number of halogens is 3. The molecule has 0 aliphatic heterocycles. The van der Waals surface area contributed by atoms with E-state index in [2.05, 4.69) is 0 Å². The number of phenols is 1. The van der Waals surface area contributed by atoms with Gasteiger partial charge in [-0.15, -0.1) is 0 Å². The number of hydrogen-bond donors (Lipinski definition) is 1. The molecule has 2 aromatic rings. The first-order chi connectivity index (χ1) is 9.88. The van der Waals surface area contributed by atoms with E-state index >= 15 is 0 Å². The number of benzene rings is 2. The largest absolute Gasteiger partial charge is 0.508 e. The molecule has 0 fully saturated rings. The van der Waals surface area contributed by atoms with Gasteiger partial charge in [0.05, 0.1) is 15.6 Å². The number of carbonyl (C=O) groups excluding carboxylic acids is 1. The van der Waals surface area contributed by atoms with Crippen molar-refractivity contribution in [2.45, 2.75) is 6.54 Å². The number of rotatable bonds is 3. The van der Waals surface area contributed by atoms with Crippen LogP contribution in [0.5, 0.6) is 5.75 Å². The molecular weight excluding hydrogens is 316 g/mol. The van der Waals surface area contributed by atoms with Crippen LogP contribution < -0.4 is 0 Å². The summed E-state index contributed by atoms with van der Waals surface area (Å²) < 4.78 is 13.5. The highest BCUT2D eigenvalue weighted by atomic mass is 35.5. The molecule has 0 atom stereocenters. The first-order valence-corrected chi connectivity index (χ1v) is 6.82. The zero-order chi connectivity index (χ0) is 15.6. The fourth-order valence-electron chi connectivity index (χ4n) is 1.89. The van der Waals surface area contributed by atoms with Gasteiger partial charge in [-0.05, 0) is 29.8 Å². The predicted molar refractivity (Wildman–Crippen MR) is 80.3 cm³/mol. The molecule has 0 unspecified atom stereocenters. The van der Waals surface area contributed by atoms with Gasteiger partial charge in [0.2, 0.25) is 0 Å². The Morgan fingerprint density at radius 3 is 2.62 bits per heavy atom. The third-order valence-corrected chi connectivity index (χ3v) is 3.52. The summed E-state index contributed by atoms with van der Waals surface area (Å²) in [6, 6.07) is 8.76. The minimum Gasteiger partial charge on any atom is -0.508 e. The number of phenolic OH excluding ortho intramolecular Hbond substituents is 1. The van der Waals surface area contributed by atoms with Crippen molar-refractivity contribution in [2.24, 2.45) is 0 Å². The Hall–Kier alpha value is -1.78. The molecular formula is C15H12Cl2FNO2. The van der Waals surface area contributed by atoms with Gasteiger partial charge in [-0.25, -0.2) is 4.39 Å². The zero-order valence-electron chi connectivity index (χ0n) is 11.1. The van der Waals surface area contributed by atoms with Crippen LogP contribution in [0.1, 0.15) is 15.9 Å². The highest BCUT2D eigenvalue weighted by Gasteiger charge is 2.18. The van der Waals surface area contributed by atoms with E-state index in [1.165, 1.54) is 17.0 Å². The Bertz CT molecular complexity index is 691. The Balaban J connectivity index is 2.22. The van der Waals surface area contributed by atoms with Gasteiger partial charge in [0.25, 0.3) is 5.91 Å². The van der Waals surface area contributed by atoms with Crippen molar-refractivity contribution in [2.75, 3.05) is 7.05 Å². The molecule has 0 aromatic heterocycles. The molecule has 110 valence electrons. The molecule has 1 N–H and O–H groups in total. The Kier molecular flexibility index (Phi) is 4.70. The molecule has 0 aliphatic carbocycles. The molecule has 0 saturated carbocycles. The summed E-state index contributed by atoms with van der Waals surface area (Å²) in [6.07, 6.45) is 0. The lowest BCUT2D eigenvalue weighted by Gasteiger charge is -2.18. The molecule has 2 rings (SSSR count). The predicted octanol–water partition coefficient (Wildman–Crippen LogP) is 4.11. The average molecular weight is 328 g/mol. The summed E-state index contributed by atoms with van der Waals surface area (Å²) in [6.45, 7) is 0.258. The van der Waals surface area contributed by atoms with E-state index in [1.54, 1.807) is 25.2 Å². The van der Waals surface area contributed by atoms with Gasteiger partial charge >= 0.3 is 0 Å². The summed E-state index contributed by atoms with van der Waals surface area (Å²) in [5.41, 5.74) is 0.789. The summed E-state index contributed by atoms with van der Waals surface area (Å²) in [5, 5.41) is 9.36. The van der Waals surface area contributed by atoms with Gasteiger partial charge < -0.3 is 10.0 Å². The fourth-order valence-corrected chi connectivity index (χ4v) is 2.36. The first-order valence-electron chi connectivity index (χ1n) is 6.06. The van der Waals surface area contributed by atoms with E-state index in [1.807, 2.05) is 0 Å². The topological polar surface area (TPSA) is 40.5 Å². The molecule has 21 heavy (non-hydrogen) atoms. The van der Waals surface area contributed by atoms with E-state index in [9.17, 15) is 14.3 Å².